The van der Waals surface area contributed by atoms with E-state index in [1.165, 1.54) is 0 Å². The molecule has 0 bridgehead atoms. The lowest BCUT2D eigenvalue weighted by molar-refractivity contribution is -0.125. The van der Waals surface area contributed by atoms with Gasteiger partial charge in [0.15, 0.2) is 6.61 Å². The van der Waals surface area contributed by atoms with E-state index < -0.39 is 5.97 Å². The van der Waals surface area contributed by atoms with Crippen LogP contribution in [0.25, 0.3) is 5.69 Å². The summed E-state index contributed by atoms with van der Waals surface area (Å²) in [6, 6.07) is 9.76. The van der Waals surface area contributed by atoms with Gasteiger partial charge in [-0.1, -0.05) is 12.1 Å². The first-order chi connectivity index (χ1) is 15.3. The highest BCUT2D eigenvalue weighted by atomic mass is 16.6. The fourth-order valence-corrected chi connectivity index (χ4v) is 4.03. The van der Waals surface area contributed by atoms with Gasteiger partial charge in [0.1, 0.15) is 0 Å². The number of hydrogen-bond donors (Lipinski definition) is 1. The van der Waals surface area contributed by atoms with Crippen molar-refractivity contribution in [3.8, 4) is 5.69 Å². The Bertz CT molecular complexity index is 990. The molecule has 1 fully saturated rings. The van der Waals surface area contributed by atoms with Gasteiger partial charge in [0.25, 0.3) is 5.91 Å². The summed E-state index contributed by atoms with van der Waals surface area (Å²) in [5.74, 6) is -0.871. The van der Waals surface area contributed by atoms with Crippen LogP contribution in [0, 0.1) is 20.8 Å². The monoisotopic (exact) mass is 441 g/mol. The molecule has 8 nitrogen and oxygen atoms in total. The molecule has 0 unspecified atom stereocenters. The highest BCUT2D eigenvalue weighted by Crippen LogP contribution is 2.22. The number of carbonyl (C=O) groups excluding carboxylic acids is 3. The number of benzene rings is 1. The number of rotatable bonds is 6. The van der Waals surface area contributed by atoms with Crippen LogP contribution in [-0.4, -0.2) is 59.8 Å². The molecule has 2 heterocycles. The number of hydrogen-bond acceptors (Lipinski definition) is 5. The Morgan fingerprint density at radius 3 is 2.44 bits per heavy atom. The van der Waals surface area contributed by atoms with Gasteiger partial charge in [0.05, 0.1) is 12.2 Å². The summed E-state index contributed by atoms with van der Waals surface area (Å²) in [6.45, 7) is 8.63. The van der Waals surface area contributed by atoms with Crippen LogP contribution in [0.5, 0.6) is 0 Å². The molecule has 0 radical (unpaired) electrons. The third kappa shape index (κ3) is 5.49. The Labute approximate surface area is 188 Å². The molecule has 32 heavy (non-hydrogen) atoms. The van der Waals surface area contributed by atoms with Crippen molar-refractivity contribution < 1.29 is 23.9 Å². The van der Waals surface area contributed by atoms with E-state index in [0.717, 1.165) is 22.6 Å². The van der Waals surface area contributed by atoms with Crippen molar-refractivity contribution in [1.29, 1.82) is 0 Å². The van der Waals surface area contributed by atoms with Crippen molar-refractivity contribution in [2.24, 2.45) is 0 Å². The summed E-state index contributed by atoms with van der Waals surface area (Å²) < 4.78 is 12.3. The molecule has 0 saturated carbocycles. The highest BCUT2D eigenvalue weighted by Gasteiger charge is 2.25. The molecule has 1 aromatic carbocycles. The van der Waals surface area contributed by atoms with Gasteiger partial charge in [0, 0.05) is 36.2 Å². The molecular weight excluding hydrogens is 410 g/mol. The Morgan fingerprint density at radius 2 is 1.78 bits per heavy atom. The van der Waals surface area contributed by atoms with Gasteiger partial charge in [-0.2, -0.15) is 0 Å². The van der Waals surface area contributed by atoms with E-state index in [-0.39, 0.29) is 24.6 Å². The summed E-state index contributed by atoms with van der Waals surface area (Å²) in [5.41, 5.74) is 4.23. The van der Waals surface area contributed by atoms with Gasteiger partial charge in [-0.05, 0) is 64.3 Å². The second kappa shape index (κ2) is 10.3. The van der Waals surface area contributed by atoms with Gasteiger partial charge in [0.2, 0.25) is 0 Å². The molecule has 2 aromatic rings. The van der Waals surface area contributed by atoms with Crippen molar-refractivity contribution in [3.05, 3.63) is 52.8 Å². The molecule has 8 heteroatoms. The zero-order valence-corrected chi connectivity index (χ0v) is 19.1. The van der Waals surface area contributed by atoms with E-state index in [2.05, 4.69) is 11.4 Å². The fraction of sp³-hybridized carbons (Fsp3) is 0.458. The molecule has 1 aromatic heterocycles. The Balaban J connectivity index is 1.52. The molecule has 3 rings (SSSR count). The molecule has 172 valence electrons. The minimum absolute atomic E-state index is 0.0572. The lowest BCUT2D eigenvalue weighted by Crippen LogP contribution is -2.47. The summed E-state index contributed by atoms with van der Waals surface area (Å²) >= 11 is 0. The van der Waals surface area contributed by atoms with Gasteiger partial charge >= 0.3 is 12.1 Å². The third-order valence-corrected chi connectivity index (χ3v) is 5.63. The van der Waals surface area contributed by atoms with Crippen molar-refractivity contribution in [3.63, 3.8) is 0 Å². The largest absolute Gasteiger partial charge is 0.452 e. The van der Waals surface area contributed by atoms with Crippen molar-refractivity contribution >= 4 is 18.0 Å². The number of piperidine rings is 1. The van der Waals surface area contributed by atoms with Crippen LogP contribution in [0.4, 0.5) is 4.79 Å². The van der Waals surface area contributed by atoms with Crippen LogP contribution in [0.15, 0.2) is 30.3 Å². The molecular formula is C24H31N3O5. The number of carbonyl (C=O) groups is 3. The summed E-state index contributed by atoms with van der Waals surface area (Å²) in [5, 5.41) is 2.88. The lowest BCUT2D eigenvalue weighted by atomic mass is 10.1. The van der Waals surface area contributed by atoms with E-state index in [1.807, 2.05) is 43.5 Å². The summed E-state index contributed by atoms with van der Waals surface area (Å²) in [7, 11) is 0. The quantitative estimate of drug-likeness (QED) is 0.695. The van der Waals surface area contributed by atoms with Crippen molar-refractivity contribution in [2.45, 2.75) is 46.6 Å². The molecule has 1 aliphatic rings. The number of nitrogens with zero attached hydrogens (tertiary/aromatic N) is 2. The van der Waals surface area contributed by atoms with Crippen LogP contribution < -0.4 is 5.32 Å². The van der Waals surface area contributed by atoms with E-state index in [0.29, 0.717) is 38.1 Å². The average Bonchev–Trinajstić information content (AvgIpc) is 3.06. The van der Waals surface area contributed by atoms with E-state index in [9.17, 15) is 14.4 Å². The smallest absolute Gasteiger partial charge is 0.409 e. The van der Waals surface area contributed by atoms with E-state index >= 15 is 0 Å². The first kappa shape index (κ1) is 23.4. The van der Waals surface area contributed by atoms with E-state index in [1.54, 1.807) is 17.9 Å². The maximum Gasteiger partial charge on any atom is 0.409 e. The van der Waals surface area contributed by atoms with Crippen LogP contribution >= 0.6 is 0 Å². The zero-order valence-electron chi connectivity index (χ0n) is 19.1. The number of aromatic nitrogens is 1. The van der Waals surface area contributed by atoms with Crippen LogP contribution in [-0.2, 0) is 14.3 Å². The number of ether oxygens (including phenoxy) is 2. The minimum atomic E-state index is -0.524. The first-order valence-electron chi connectivity index (χ1n) is 10.9. The third-order valence-electron chi connectivity index (χ3n) is 5.63. The summed E-state index contributed by atoms with van der Waals surface area (Å²) in [6.07, 6.45) is 0.946. The Hall–Kier alpha value is -3.29. The maximum absolute atomic E-state index is 12.6. The maximum atomic E-state index is 12.6. The Morgan fingerprint density at radius 1 is 1.06 bits per heavy atom. The average molecular weight is 442 g/mol. The molecule has 0 atom stereocenters. The molecule has 1 N–H and O–H groups in total. The molecule has 1 saturated heterocycles. The number of esters is 1. The van der Waals surface area contributed by atoms with Crippen molar-refractivity contribution in [2.75, 3.05) is 26.3 Å². The van der Waals surface area contributed by atoms with Crippen LogP contribution in [0.2, 0.25) is 0 Å². The van der Waals surface area contributed by atoms with Gasteiger partial charge in [-0.15, -0.1) is 0 Å². The van der Waals surface area contributed by atoms with Gasteiger partial charge in [-0.3, -0.25) is 4.79 Å². The molecule has 1 aliphatic heterocycles. The number of likely N-dealkylation sites (tertiary alicyclic amines) is 1. The number of nitrogens with one attached hydrogen (secondary N) is 1. The number of amides is 2. The zero-order chi connectivity index (χ0) is 23.3. The van der Waals surface area contributed by atoms with Gasteiger partial charge < -0.3 is 24.3 Å². The fourth-order valence-electron chi connectivity index (χ4n) is 4.03. The first-order valence-corrected chi connectivity index (χ1v) is 10.9. The van der Waals surface area contributed by atoms with Crippen molar-refractivity contribution in [1.82, 2.24) is 14.8 Å². The normalized spacial score (nSPS) is 14.2. The Kier molecular flexibility index (Phi) is 7.56. The van der Waals surface area contributed by atoms with E-state index in [4.69, 9.17) is 9.47 Å². The van der Waals surface area contributed by atoms with Gasteiger partial charge in [-0.25, -0.2) is 9.59 Å². The summed E-state index contributed by atoms with van der Waals surface area (Å²) in [4.78, 5) is 38.3. The topological polar surface area (TPSA) is 89.9 Å². The minimum Gasteiger partial charge on any atom is -0.452 e. The number of aryl methyl sites for hydroxylation is 2. The second-order valence-corrected chi connectivity index (χ2v) is 8.06. The highest BCUT2D eigenvalue weighted by molar-refractivity contribution is 5.93. The van der Waals surface area contributed by atoms with Crippen LogP contribution in [0.1, 0.15) is 47.1 Å². The predicted octanol–water partition coefficient (Wildman–Crippen LogP) is 3.30. The standard InChI is InChI=1S/C24H31N3O5/c1-5-31-24(30)26-11-9-19(10-12-26)25-22(28)15-32-23(29)21-14-17(3)27(18(21)4)20-8-6-7-16(2)13-20/h6-8,13-14,19H,5,9-12,15H2,1-4H3,(H,25,28). The SMILES string of the molecule is CCOC(=O)N1CCC(NC(=O)COC(=O)c2cc(C)n(-c3cccc(C)c3)c2C)CC1. The van der Waals surface area contributed by atoms with Crippen LogP contribution in [0.3, 0.4) is 0 Å². The molecule has 2 amide bonds. The lowest BCUT2D eigenvalue weighted by Gasteiger charge is -2.31. The predicted molar refractivity (Wildman–Crippen MR) is 120 cm³/mol. The second-order valence-electron chi connectivity index (χ2n) is 8.06. The molecule has 0 aliphatic carbocycles. The molecule has 0 spiro atoms.